The van der Waals surface area contributed by atoms with Gasteiger partial charge >= 0.3 is 5.97 Å². The minimum Gasteiger partial charge on any atom is -0.480 e. The van der Waals surface area contributed by atoms with E-state index in [1.807, 2.05) is 0 Å². The van der Waals surface area contributed by atoms with Crippen LogP contribution < -0.4 is 54.8 Å². The lowest BCUT2D eigenvalue weighted by molar-refractivity contribution is -0.142. The molecule has 0 aliphatic rings. The molecule has 16 N–H and O–H groups in total. The van der Waals surface area contributed by atoms with Crippen molar-refractivity contribution in [3.05, 3.63) is 0 Å². The Balaban J connectivity index is 6.03. The highest BCUT2D eigenvalue weighted by molar-refractivity contribution is 5.97. The number of carboxylic acid groups (broad SMARTS) is 1. The third-order valence-electron chi connectivity index (χ3n) is 8.38. The average molecular weight is 773 g/mol. The van der Waals surface area contributed by atoms with Gasteiger partial charge in [0.2, 0.25) is 41.4 Å². The number of carbonyl (C=O) groups excluding carboxylic acids is 7. The fourth-order valence-corrected chi connectivity index (χ4v) is 5.03. The quantitative estimate of drug-likeness (QED) is 0.0345. The van der Waals surface area contributed by atoms with Gasteiger partial charge in [0, 0.05) is 6.42 Å². The number of nitrogens with two attached hydrogens (primary N) is 4. The lowest BCUT2D eigenvalue weighted by atomic mass is 10.0. The molecule has 0 radical (unpaired) electrons. The van der Waals surface area contributed by atoms with Gasteiger partial charge in [-0.1, -0.05) is 27.7 Å². The molecular formula is C34H64N10O10. The van der Waals surface area contributed by atoms with Crippen molar-refractivity contribution in [2.24, 2.45) is 34.8 Å². The minimum atomic E-state index is -1.40. The van der Waals surface area contributed by atoms with Gasteiger partial charge < -0.3 is 65.0 Å². The number of unbranched alkanes of at least 4 members (excludes halogenated alkanes) is 2. The van der Waals surface area contributed by atoms with Crippen LogP contribution in [0.3, 0.4) is 0 Å². The molecule has 0 fully saturated rings. The molecule has 0 spiro atoms. The number of aliphatic carboxylic acids is 1. The van der Waals surface area contributed by atoms with Crippen LogP contribution in [0.1, 0.15) is 92.4 Å². The highest BCUT2D eigenvalue weighted by atomic mass is 16.4. The Morgan fingerprint density at radius 1 is 0.556 bits per heavy atom. The van der Waals surface area contributed by atoms with Crippen molar-refractivity contribution in [1.82, 2.24) is 31.9 Å². The molecule has 20 nitrogen and oxygen atoms in total. The van der Waals surface area contributed by atoms with E-state index in [4.69, 9.17) is 22.9 Å². The number of nitrogens with one attached hydrogen (secondary N) is 6. The van der Waals surface area contributed by atoms with E-state index in [0.29, 0.717) is 32.2 Å². The molecule has 0 aromatic rings. The molecule has 0 saturated heterocycles. The van der Waals surface area contributed by atoms with E-state index in [1.54, 1.807) is 27.7 Å². The van der Waals surface area contributed by atoms with Gasteiger partial charge in [0.15, 0.2) is 0 Å². The van der Waals surface area contributed by atoms with Crippen LogP contribution in [-0.4, -0.2) is 120 Å². The van der Waals surface area contributed by atoms with Crippen molar-refractivity contribution in [3.8, 4) is 0 Å². The first kappa shape index (κ1) is 49.6. The van der Waals surface area contributed by atoms with Gasteiger partial charge in [0.25, 0.3) is 0 Å². The molecule has 310 valence electrons. The summed E-state index contributed by atoms with van der Waals surface area (Å²) < 4.78 is 0. The molecule has 0 aromatic carbocycles. The molecule has 0 aliphatic carbocycles. The largest absolute Gasteiger partial charge is 0.480 e. The van der Waals surface area contributed by atoms with Gasteiger partial charge in [0.05, 0.1) is 12.6 Å². The van der Waals surface area contributed by atoms with E-state index in [0.717, 1.165) is 0 Å². The summed E-state index contributed by atoms with van der Waals surface area (Å²) in [6, 6.07) is -8.70. The zero-order valence-electron chi connectivity index (χ0n) is 32.2. The maximum atomic E-state index is 13.7. The number of aliphatic hydroxyl groups excluding tert-OH is 1. The summed E-state index contributed by atoms with van der Waals surface area (Å²) in [5.41, 5.74) is 22.2. The van der Waals surface area contributed by atoms with E-state index >= 15 is 0 Å². The van der Waals surface area contributed by atoms with Crippen molar-refractivity contribution in [2.45, 2.75) is 135 Å². The molecule has 0 heterocycles. The van der Waals surface area contributed by atoms with Crippen molar-refractivity contribution >= 4 is 47.3 Å². The van der Waals surface area contributed by atoms with Gasteiger partial charge in [-0.05, 0) is 83.2 Å². The smallest absolute Gasteiger partial charge is 0.326 e. The highest BCUT2D eigenvalue weighted by Gasteiger charge is 2.33. The molecule has 7 amide bonds. The molecule has 0 aromatic heterocycles. The summed E-state index contributed by atoms with van der Waals surface area (Å²) in [5, 5.41) is 34.1. The molecule has 0 aliphatic heterocycles. The Morgan fingerprint density at radius 2 is 0.981 bits per heavy atom. The Labute approximate surface area is 316 Å². The van der Waals surface area contributed by atoms with E-state index in [9.17, 15) is 48.6 Å². The topological polar surface area (TPSA) is 353 Å². The zero-order chi connectivity index (χ0) is 41.5. The second kappa shape index (κ2) is 26.4. The third kappa shape index (κ3) is 19.6. The minimum absolute atomic E-state index is 0.0688. The summed E-state index contributed by atoms with van der Waals surface area (Å²) in [6.45, 7) is 8.17. The van der Waals surface area contributed by atoms with Crippen LogP contribution in [0.5, 0.6) is 0 Å². The number of carboxylic acids is 1. The number of hydrogen-bond acceptors (Lipinski definition) is 12. The van der Waals surface area contributed by atoms with Gasteiger partial charge in [-0.25, -0.2) is 4.79 Å². The number of amides is 7. The summed E-state index contributed by atoms with van der Waals surface area (Å²) in [7, 11) is 0. The number of aliphatic hydroxyl groups is 1. The maximum Gasteiger partial charge on any atom is 0.326 e. The van der Waals surface area contributed by atoms with E-state index in [1.165, 1.54) is 6.92 Å². The molecule has 0 saturated carbocycles. The summed E-state index contributed by atoms with van der Waals surface area (Å²) in [6.07, 6.45) is 1.48. The molecule has 54 heavy (non-hydrogen) atoms. The molecular weight excluding hydrogens is 708 g/mol. The van der Waals surface area contributed by atoms with Crippen LogP contribution in [0.15, 0.2) is 0 Å². The second-order valence-corrected chi connectivity index (χ2v) is 14.0. The van der Waals surface area contributed by atoms with Crippen LogP contribution in [-0.2, 0) is 38.4 Å². The summed E-state index contributed by atoms with van der Waals surface area (Å²) in [4.78, 5) is 102. The second-order valence-electron chi connectivity index (χ2n) is 14.0. The van der Waals surface area contributed by atoms with Gasteiger partial charge in [-0.2, -0.15) is 0 Å². The number of primary amides is 1. The molecule has 7 atom stereocenters. The predicted octanol–water partition coefficient (Wildman–Crippen LogP) is -3.46. The van der Waals surface area contributed by atoms with Crippen LogP contribution in [0.2, 0.25) is 0 Å². The Hall–Kier alpha value is -4.40. The van der Waals surface area contributed by atoms with Crippen LogP contribution in [0.25, 0.3) is 0 Å². The van der Waals surface area contributed by atoms with Crippen molar-refractivity contribution in [1.29, 1.82) is 0 Å². The first-order valence-corrected chi connectivity index (χ1v) is 18.4. The lowest BCUT2D eigenvalue weighted by Gasteiger charge is -2.27. The monoisotopic (exact) mass is 772 g/mol. The van der Waals surface area contributed by atoms with E-state index in [2.05, 4.69) is 31.9 Å². The van der Waals surface area contributed by atoms with Gasteiger partial charge in [-0.15, -0.1) is 0 Å². The highest BCUT2D eigenvalue weighted by Crippen LogP contribution is 2.10. The summed E-state index contributed by atoms with van der Waals surface area (Å²) >= 11 is 0. The molecule has 0 rings (SSSR count). The van der Waals surface area contributed by atoms with Gasteiger partial charge in [-0.3, -0.25) is 33.6 Å². The zero-order valence-corrected chi connectivity index (χ0v) is 32.2. The normalized spacial score (nSPS) is 15.1. The number of carbonyl (C=O) groups is 8. The third-order valence-corrected chi connectivity index (χ3v) is 8.38. The SMILES string of the molecule is CC(C)C[C@H](NC(=O)[C@H](C)NC(=O)[C@H](CO)NC(=O)[C@@H](N)C(C)C)C(=O)N[C@@H](CCCCN)C(=O)N[C@@H](CCC(N)=O)C(=O)N[C@@H](CCCCN)C(=O)O. The van der Waals surface area contributed by atoms with Crippen LogP contribution in [0, 0.1) is 11.8 Å². The predicted molar refractivity (Wildman–Crippen MR) is 198 cm³/mol. The van der Waals surface area contributed by atoms with E-state index < -0.39 is 96.2 Å². The van der Waals surface area contributed by atoms with Crippen LogP contribution >= 0.6 is 0 Å². The molecule has 0 unspecified atom stereocenters. The van der Waals surface area contributed by atoms with Crippen molar-refractivity contribution < 1.29 is 48.6 Å². The average Bonchev–Trinajstić information content (AvgIpc) is 3.09. The van der Waals surface area contributed by atoms with E-state index in [-0.39, 0.29) is 50.5 Å². The number of hydrogen-bond donors (Lipinski definition) is 12. The Kier molecular flexibility index (Phi) is 24.2. The Morgan fingerprint density at radius 3 is 1.43 bits per heavy atom. The van der Waals surface area contributed by atoms with Crippen molar-refractivity contribution in [2.75, 3.05) is 19.7 Å². The number of rotatable bonds is 28. The maximum absolute atomic E-state index is 13.7. The van der Waals surface area contributed by atoms with Gasteiger partial charge in [0.1, 0.15) is 36.3 Å². The first-order chi connectivity index (χ1) is 25.3. The molecule has 0 bridgehead atoms. The van der Waals surface area contributed by atoms with Crippen LogP contribution in [0.4, 0.5) is 0 Å². The Bertz CT molecular complexity index is 1250. The fourth-order valence-electron chi connectivity index (χ4n) is 5.03. The summed E-state index contributed by atoms with van der Waals surface area (Å²) in [5.74, 6) is -7.21. The fraction of sp³-hybridized carbons (Fsp3) is 0.765. The molecule has 20 heteroatoms. The lowest BCUT2D eigenvalue weighted by Crippen LogP contribution is -2.60. The van der Waals surface area contributed by atoms with Crippen molar-refractivity contribution in [3.63, 3.8) is 0 Å². The standard InChI is InChI=1S/C34H64N10O10/c1-18(2)16-24(43-28(47)20(5)39-32(51)25(17-45)44-33(52)27(38)19(3)4)31(50)40-21(10-6-8-14-35)29(48)41-22(12-13-26(37)46)30(49)42-23(34(53)54)11-7-9-15-36/h18-25,27,45H,6-17,35-36,38H2,1-5H3,(H2,37,46)(H,39,51)(H,40,50)(H,41,48)(H,42,49)(H,43,47)(H,44,52)(H,53,54)/t20-,21-,22-,23-,24-,25-,27-/m0/s1. The first-order valence-electron chi connectivity index (χ1n) is 18.4.